The molecule has 1 heterocycles. The minimum atomic E-state index is -0.267. The fraction of sp³-hybridized carbons (Fsp3) is 0.727. The first-order valence-corrected chi connectivity index (χ1v) is 5.26. The first kappa shape index (κ1) is 11.2. The first-order valence-electron chi connectivity index (χ1n) is 5.26. The van der Waals surface area contributed by atoms with Crippen LogP contribution >= 0.6 is 0 Å². The van der Waals surface area contributed by atoms with E-state index in [4.69, 9.17) is 0 Å². The summed E-state index contributed by atoms with van der Waals surface area (Å²) in [6.45, 7) is 8.98. The van der Waals surface area contributed by atoms with Crippen molar-refractivity contribution in [3.05, 3.63) is 17.5 Å². The number of rotatable bonds is 4. The van der Waals surface area contributed by atoms with E-state index in [1.54, 1.807) is 0 Å². The summed E-state index contributed by atoms with van der Waals surface area (Å²) in [5, 5.41) is 14.1. The van der Waals surface area contributed by atoms with Crippen molar-refractivity contribution in [2.24, 2.45) is 5.92 Å². The lowest BCUT2D eigenvalue weighted by atomic mass is 10.0. The molecule has 1 atom stereocenters. The predicted molar refractivity (Wildman–Crippen MR) is 57.2 cm³/mol. The summed E-state index contributed by atoms with van der Waals surface area (Å²) < 4.78 is 1.96. The third-order valence-electron chi connectivity index (χ3n) is 2.47. The van der Waals surface area contributed by atoms with Gasteiger partial charge in [0.15, 0.2) is 0 Å². The van der Waals surface area contributed by atoms with Crippen molar-refractivity contribution in [3.8, 4) is 0 Å². The Hall–Kier alpha value is -0.830. The molecule has 0 fully saturated rings. The fourth-order valence-electron chi connectivity index (χ4n) is 1.49. The van der Waals surface area contributed by atoms with Crippen LogP contribution in [0.1, 0.15) is 32.2 Å². The highest BCUT2D eigenvalue weighted by molar-refractivity contribution is 5.10. The third-order valence-corrected chi connectivity index (χ3v) is 2.47. The molecule has 14 heavy (non-hydrogen) atoms. The SMILES string of the molecule is CCn1nc(C)cc1CC(O)C(C)C. The highest BCUT2D eigenvalue weighted by atomic mass is 16.3. The van der Waals surface area contributed by atoms with Gasteiger partial charge in [0.05, 0.1) is 11.8 Å². The van der Waals surface area contributed by atoms with Crippen molar-refractivity contribution in [1.82, 2.24) is 9.78 Å². The summed E-state index contributed by atoms with van der Waals surface area (Å²) in [6.07, 6.45) is 0.434. The van der Waals surface area contributed by atoms with Gasteiger partial charge in [0.1, 0.15) is 0 Å². The third kappa shape index (κ3) is 2.58. The standard InChI is InChI=1S/C11H20N2O/c1-5-13-10(6-9(4)12-13)7-11(14)8(2)3/h6,8,11,14H,5,7H2,1-4H3. The van der Waals surface area contributed by atoms with Gasteiger partial charge in [-0.05, 0) is 25.8 Å². The van der Waals surface area contributed by atoms with Crippen LogP contribution < -0.4 is 0 Å². The quantitative estimate of drug-likeness (QED) is 0.797. The number of aliphatic hydroxyl groups is 1. The summed E-state index contributed by atoms with van der Waals surface area (Å²) >= 11 is 0. The Morgan fingerprint density at radius 3 is 2.64 bits per heavy atom. The molecular weight excluding hydrogens is 176 g/mol. The molecule has 1 aromatic rings. The second-order valence-electron chi connectivity index (χ2n) is 4.11. The molecule has 0 radical (unpaired) electrons. The van der Waals surface area contributed by atoms with E-state index < -0.39 is 0 Å². The van der Waals surface area contributed by atoms with Crippen LogP contribution in [0.25, 0.3) is 0 Å². The molecule has 3 nitrogen and oxygen atoms in total. The molecule has 0 aliphatic rings. The van der Waals surface area contributed by atoms with Crippen molar-refractivity contribution in [2.75, 3.05) is 0 Å². The monoisotopic (exact) mass is 196 g/mol. The average Bonchev–Trinajstić information content (AvgIpc) is 2.45. The minimum absolute atomic E-state index is 0.267. The van der Waals surface area contributed by atoms with Crippen LogP contribution in [-0.4, -0.2) is 21.0 Å². The molecule has 0 aliphatic heterocycles. The van der Waals surface area contributed by atoms with Crippen molar-refractivity contribution in [1.29, 1.82) is 0 Å². The van der Waals surface area contributed by atoms with Crippen molar-refractivity contribution in [2.45, 2.75) is 46.8 Å². The Balaban J connectivity index is 2.74. The molecule has 1 rings (SSSR count). The average molecular weight is 196 g/mol. The van der Waals surface area contributed by atoms with Gasteiger partial charge >= 0.3 is 0 Å². The van der Waals surface area contributed by atoms with E-state index in [0.717, 1.165) is 17.9 Å². The van der Waals surface area contributed by atoms with Crippen LogP contribution in [-0.2, 0) is 13.0 Å². The lowest BCUT2D eigenvalue weighted by Gasteiger charge is -2.14. The van der Waals surface area contributed by atoms with Gasteiger partial charge in [-0.1, -0.05) is 13.8 Å². The number of hydrogen-bond acceptors (Lipinski definition) is 2. The Morgan fingerprint density at radius 2 is 2.14 bits per heavy atom. The topological polar surface area (TPSA) is 38.0 Å². The lowest BCUT2D eigenvalue weighted by Crippen LogP contribution is -2.19. The van der Waals surface area contributed by atoms with Gasteiger partial charge in [-0.25, -0.2) is 0 Å². The largest absolute Gasteiger partial charge is 0.392 e. The summed E-state index contributed by atoms with van der Waals surface area (Å²) in [5.74, 6) is 0.301. The summed E-state index contributed by atoms with van der Waals surface area (Å²) in [5.41, 5.74) is 2.16. The van der Waals surface area contributed by atoms with E-state index in [2.05, 4.69) is 18.1 Å². The molecule has 0 spiro atoms. The normalized spacial score (nSPS) is 13.6. The second kappa shape index (κ2) is 4.60. The van der Waals surface area contributed by atoms with Gasteiger partial charge < -0.3 is 5.11 Å². The molecule has 1 unspecified atom stereocenters. The summed E-state index contributed by atoms with van der Waals surface area (Å²) in [6, 6.07) is 2.05. The van der Waals surface area contributed by atoms with Crippen molar-refractivity contribution >= 4 is 0 Å². The van der Waals surface area contributed by atoms with Crippen LogP contribution in [0.3, 0.4) is 0 Å². The molecule has 1 N–H and O–H groups in total. The minimum Gasteiger partial charge on any atom is -0.392 e. The maximum absolute atomic E-state index is 9.77. The van der Waals surface area contributed by atoms with E-state index in [1.807, 2.05) is 25.5 Å². The highest BCUT2D eigenvalue weighted by Crippen LogP contribution is 2.11. The van der Waals surface area contributed by atoms with E-state index >= 15 is 0 Å². The Labute approximate surface area is 85.8 Å². The molecule has 80 valence electrons. The van der Waals surface area contributed by atoms with Crippen molar-refractivity contribution in [3.63, 3.8) is 0 Å². The number of hydrogen-bond donors (Lipinski definition) is 1. The fourth-order valence-corrected chi connectivity index (χ4v) is 1.49. The highest BCUT2D eigenvalue weighted by Gasteiger charge is 2.13. The van der Waals surface area contributed by atoms with Gasteiger partial charge in [0, 0.05) is 18.7 Å². The smallest absolute Gasteiger partial charge is 0.0618 e. The molecule has 3 heteroatoms. The maximum Gasteiger partial charge on any atom is 0.0618 e. The van der Waals surface area contributed by atoms with Gasteiger partial charge in [-0.15, -0.1) is 0 Å². The second-order valence-corrected chi connectivity index (χ2v) is 4.11. The van der Waals surface area contributed by atoms with Crippen LogP contribution in [0.4, 0.5) is 0 Å². The zero-order valence-corrected chi connectivity index (χ0v) is 9.49. The predicted octanol–water partition coefficient (Wildman–Crippen LogP) is 1.77. The molecule has 1 aromatic heterocycles. The molecule has 0 saturated carbocycles. The number of aliphatic hydroxyl groups excluding tert-OH is 1. The van der Waals surface area contributed by atoms with Gasteiger partial charge in [-0.3, -0.25) is 4.68 Å². The first-order chi connectivity index (χ1) is 6.54. The molecule has 0 bridgehead atoms. The molecule has 0 aliphatic carbocycles. The zero-order valence-electron chi connectivity index (χ0n) is 9.49. The van der Waals surface area contributed by atoms with Crippen LogP contribution in [0.2, 0.25) is 0 Å². The summed E-state index contributed by atoms with van der Waals surface area (Å²) in [7, 11) is 0. The van der Waals surface area contributed by atoms with Gasteiger partial charge in [0.25, 0.3) is 0 Å². The molecule has 0 saturated heterocycles. The Morgan fingerprint density at radius 1 is 1.50 bits per heavy atom. The van der Waals surface area contributed by atoms with Crippen molar-refractivity contribution < 1.29 is 5.11 Å². The van der Waals surface area contributed by atoms with Crippen LogP contribution in [0.5, 0.6) is 0 Å². The molecular formula is C11H20N2O. The zero-order chi connectivity index (χ0) is 10.7. The maximum atomic E-state index is 9.77. The van der Waals surface area contributed by atoms with Crippen LogP contribution in [0, 0.1) is 12.8 Å². The molecule has 0 aromatic carbocycles. The van der Waals surface area contributed by atoms with E-state index in [-0.39, 0.29) is 6.10 Å². The summed E-state index contributed by atoms with van der Waals surface area (Å²) in [4.78, 5) is 0. The Bertz CT molecular complexity index is 291. The van der Waals surface area contributed by atoms with E-state index in [9.17, 15) is 5.11 Å². The van der Waals surface area contributed by atoms with E-state index in [0.29, 0.717) is 12.3 Å². The van der Waals surface area contributed by atoms with Gasteiger partial charge in [-0.2, -0.15) is 5.10 Å². The molecule has 0 amide bonds. The number of nitrogens with zero attached hydrogens (tertiary/aromatic N) is 2. The van der Waals surface area contributed by atoms with Gasteiger partial charge in [0.2, 0.25) is 0 Å². The Kier molecular flexibility index (Phi) is 3.69. The lowest BCUT2D eigenvalue weighted by molar-refractivity contribution is 0.123. The number of aryl methyl sites for hydroxylation is 2. The van der Waals surface area contributed by atoms with E-state index in [1.165, 1.54) is 0 Å². The van der Waals surface area contributed by atoms with Crippen LogP contribution in [0.15, 0.2) is 6.07 Å². The number of aromatic nitrogens is 2.